The first kappa shape index (κ1) is 14.4. The first-order valence-corrected chi connectivity index (χ1v) is 8.61. The topological polar surface area (TPSA) is 25.8 Å². The van der Waals surface area contributed by atoms with E-state index in [0.717, 1.165) is 22.3 Å². The zero-order valence-corrected chi connectivity index (χ0v) is 14.3. The standard InChI is InChI=1S/C23H18N2/c1-23(2)18-7-4-3-6-16(18)17-14-15(9-10-19(17)23)20-11-12-21-22(25-20)8-5-13-24-21/h3-14H,1-2H3. The molecule has 0 unspecified atom stereocenters. The van der Waals surface area contributed by atoms with E-state index in [0.29, 0.717) is 0 Å². The van der Waals surface area contributed by atoms with Crippen LogP contribution < -0.4 is 0 Å². The minimum absolute atomic E-state index is 0.0468. The van der Waals surface area contributed by atoms with Gasteiger partial charge in [-0.2, -0.15) is 0 Å². The molecular weight excluding hydrogens is 304 g/mol. The van der Waals surface area contributed by atoms with E-state index >= 15 is 0 Å². The molecule has 0 aliphatic heterocycles. The molecule has 0 saturated heterocycles. The second kappa shape index (κ2) is 5.00. The second-order valence-corrected chi connectivity index (χ2v) is 7.17. The molecule has 0 atom stereocenters. The maximum absolute atomic E-state index is 4.80. The summed E-state index contributed by atoms with van der Waals surface area (Å²) in [5.74, 6) is 0. The zero-order valence-electron chi connectivity index (χ0n) is 14.3. The van der Waals surface area contributed by atoms with Crippen molar-refractivity contribution in [3.05, 3.63) is 84.1 Å². The van der Waals surface area contributed by atoms with Crippen LogP contribution in [-0.2, 0) is 5.41 Å². The molecule has 25 heavy (non-hydrogen) atoms. The highest BCUT2D eigenvalue weighted by molar-refractivity contribution is 5.85. The maximum atomic E-state index is 4.80. The van der Waals surface area contributed by atoms with Gasteiger partial charge in [0, 0.05) is 17.2 Å². The van der Waals surface area contributed by atoms with Gasteiger partial charge in [0.2, 0.25) is 0 Å². The van der Waals surface area contributed by atoms with Gasteiger partial charge in [0.25, 0.3) is 0 Å². The first-order chi connectivity index (χ1) is 12.1. The van der Waals surface area contributed by atoms with Crippen LogP contribution in [0.15, 0.2) is 72.9 Å². The van der Waals surface area contributed by atoms with E-state index in [-0.39, 0.29) is 5.41 Å². The molecule has 0 saturated carbocycles. The number of hydrogen-bond acceptors (Lipinski definition) is 2. The summed E-state index contributed by atoms with van der Waals surface area (Å²) in [5, 5.41) is 0. The number of rotatable bonds is 1. The van der Waals surface area contributed by atoms with Crippen LogP contribution in [0.4, 0.5) is 0 Å². The van der Waals surface area contributed by atoms with Crippen molar-refractivity contribution in [2.24, 2.45) is 0 Å². The number of fused-ring (bicyclic) bond motifs is 4. The van der Waals surface area contributed by atoms with Crippen molar-refractivity contribution in [2.45, 2.75) is 19.3 Å². The van der Waals surface area contributed by atoms with Gasteiger partial charge in [0.05, 0.1) is 16.7 Å². The third kappa shape index (κ3) is 2.04. The van der Waals surface area contributed by atoms with Crippen LogP contribution in [0.2, 0.25) is 0 Å². The highest BCUT2D eigenvalue weighted by Gasteiger charge is 2.35. The maximum Gasteiger partial charge on any atom is 0.0894 e. The Balaban J connectivity index is 1.71. The molecule has 4 aromatic rings. The molecule has 1 aliphatic rings. The summed E-state index contributed by atoms with van der Waals surface area (Å²) in [4.78, 5) is 9.16. The molecule has 0 spiro atoms. The van der Waals surface area contributed by atoms with Crippen LogP contribution in [0.25, 0.3) is 33.4 Å². The van der Waals surface area contributed by atoms with Crippen molar-refractivity contribution >= 4 is 11.0 Å². The number of benzene rings is 2. The van der Waals surface area contributed by atoms with Gasteiger partial charge < -0.3 is 0 Å². The highest BCUT2D eigenvalue weighted by atomic mass is 14.8. The lowest BCUT2D eigenvalue weighted by Crippen LogP contribution is -2.14. The van der Waals surface area contributed by atoms with E-state index in [2.05, 4.69) is 67.4 Å². The third-order valence-electron chi connectivity index (χ3n) is 5.34. The van der Waals surface area contributed by atoms with Gasteiger partial charge >= 0.3 is 0 Å². The zero-order chi connectivity index (χ0) is 17.0. The summed E-state index contributed by atoms with van der Waals surface area (Å²) in [6.45, 7) is 4.61. The third-order valence-corrected chi connectivity index (χ3v) is 5.34. The van der Waals surface area contributed by atoms with Crippen molar-refractivity contribution in [2.75, 3.05) is 0 Å². The number of hydrogen-bond donors (Lipinski definition) is 0. The number of aromatic nitrogens is 2. The Morgan fingerprint density at radius 2 is 1.56 bits per heavy atom. The summed E-state index contributed by atoms with van der Waals surface area (Å²) >= 11 is 0. The molecule has 0 fully saturated rings. The highest BCUT2D eigenvalue weighted by Crippen LogP contribution is 2.49. The summed E-state index contributed by atoms with van der Waals surface area (Å²) < 4.78 is 0. The molecule has 2 heteroatoms. The van der Waals surface area contributed by atoms with Gasteiger partial charge in [-0.1, -0.05) is 50.2 Å². The van der Waals surface area contributed by atoms with Gasteiger partial charge in [0.1, 0.15) is 0 Å². The predicted octanol–water partition coefficient (Wildman–Crippen LogP) is 5.60. The van der Waals surface area contributed by atoms with Gasteiger partial charge in [0.15, 0.2) is 0 Å². The average Bonchev–Trinajstić information content (AvgIpc) is 2.89. The van der Waals surface area contributed by atoms with Crippen LogP contribution in [-0.4, -0.2) is 9.97 Å². The molecule has 2 aromatic carbocycles. The molecule has 2 aromatic heterocycles. The average molecular weight is 322 g/mol. The van der Waals surface area contributed by atoms with E-state index in [1.807, 2.05) is 18.2 Å². The second-order valence-electron chi connectivity index (χ2n) is 7.17. The molecule has 1 aliphatic carbocycles. The van der Waals surface area contributed by atoms with Crippen LogP contribution in [0.5, 0.6) is 0 Å². The van der Waals surface area contributed by atoms with E-state index < -0.39 is 0 Å². The summed E-state index contributed by atoms with van der Waals surface area (Å²) in [5.41, 5.74) is 9.50. The van der Waals surface area contributed by atoms with Gasteiger partial charge in [-0.3, -0.25) is 4.98 Å². The molecule has 0 bridgehead atoms. The Morgan fingerprint density at radius 3 is 2.48 bits per heavy atom. The normalized spacial score (nSPS) is 14.3. The smallest absolute Gasteiger partial charge is 0.0894 e. The molecule has 0 radical (unpaired) electrons. The van der Waals surface area contributed by atoms with Crippen molar-refractivity contribution in [3.63, 3.8) is 0 Å². The molecule has 2 nitrogen and oxygen atoms in total. The summed E-state index contributed by atoms with van der Waals surface area (Å²) in [6, 6.07) is 23.5. The SMILES string of the molecule is CC1(C)c2ccccc2-c2cc(-c3ccc4ncccc4n3)ccc21. The fourth-order valence-corrected chi connectivity index (χ4v) is 4.00. The monoisotopic (exact) mass is 322 g/mol. The first-order valence-electron chi connectivity index (χ1n) is 8.61. The van der Waals surface area contributed by atoms with Crippen LogP contribution in [0.1, 0.15) is 25.0 Å². The minimum atomic E-state index is 0.0468. The summed E-state index contributed by atoms with van der Waals surface area (Å²) in [7, 11) is 0. The fraction of sp³-hybridized carbons (Fsp3) is 0.130. The fourth-order valence-electron chi connectivity index (χ4n) is 4.00. The lowest BCUT2D eigenvalue weighted by molar-refractivity contribution is 0.660. The molecule has 0 amide bonds. The number of pyridine rings is 2. The largest absolute Gasteiger partial charge is 0.255 e. The summed E-state index contributed by atoms with van der Waals surface area (Å²) in [6.07, 6.45) is 1.80. The van der Waals surface area contributed by atoms with E-state index in [4.69, 9.17) is 4.98 Å². The van der Waals surface area contributed by atoms with Crippen molar-refractivity contribution in [1.82, 2.24) is 9.97 Å². The van der Waals surface area contributed by atoms with E-state index in [9.17, 15) is 0 Å². The van der Waals surface area contributed by atoms with E-state index in [1.165, 1.54) is 22.3 Å². The Labute approximate surface area is 147 Å². The van der Waals surface area contributed by atoms with Crippen LogP contribution >= 0.6 is 0 Å². The van der Waals surface area contributed by atoms with Crippen LogP contribution in [0, 0.1) is 0 Å². The van der Waals surface area contributed by atoms with Crippen molar-refractivity contribution < 1.29 is 0 Å². The Kier molecular flexibility index (Phi) is 2.87. The Bertz CT molecular complexity index is 1130. The lowest BCUT2D eigenvalue weighted by Gasteiger charge is -2.21. The quantitative estimate of drug-likeness (QED) is 0.455. The van der Waals surface area contributed by atoms with E-state index in [1.54, 1.807) is 6.20 Å². The predicted molar refractivity (Wildman–Crippen MR) is 103 cm³/mol. The van der Waals surface area contributed by atoms with Crippen molar-refractivity contribution in [1.29, 1.82) is 0 Å². The molecular formula is C23H18N2. The van der Waals surface area contributed by atoms with Crippen LogP contribution in [0.3, 0.4) is 0 Å². The molecule has 0 N–H and O–H groups in total. The van der Waals surface area contributed by atoms with Gasteiger partial charge in [-0.05, 0) is 52.6 Å². The Morgan fingerprint density at radius 1 is 0.720 bits per heavy atom. The minimum Gasteiger partial charge on any atom is -0.255 e. The number of nitrogens with zero attached hydrogens (tertiary/aromatic N) is 2. The Hall–Kier alpha value is -3.00. The van der Waals surface area contributed by atoms with Gasteiger partial charge in [-0.25, -0.2) is 4.98 Å². The molecule has 5 rings (SSSR count). The van der Waals surface area contributed by atoms with Gasteiger partial charge in [-0.15, -0.1) is 0 Å². The lowest BCUT2D eigenvalue weighted by atomic mass is 9.82. The molecule has 2 heterocycles. The molecule has 120 valence electrons. The van der Waals surface area contributed by atoms with Crippen molar-refractivity contribution in [3.8, 4) is 22.4 Å².